The van der Waals surface area contributed by atoms with Crippen LogP contribution >= 0.6 is 0 Å². The van der Waals surface area contributed by atoms with E-state index in [1.807, 2.05) is 24.3 Å². The zero-order valence-corrected chi connectivity index (χ0v) is 13.5. The van der Waals surface area contributed by atoms with Gasteiger partial charge in [-0.1, -0.05) is 12.1 Å². The largest absolute Gasteiger partial charge is 0.497 e. The molecule has 1 heterocycles. The number of carbonyl (C=O) groups is 2. The smallest absolute Gasteiger partial charge is 0.265 e. The molecule has 124 valence electrons. The molecule has 0 saturated carbocycles. The average molecular weight is 326 g/mol. The van der Waals surface area contributed by atoms with Gasteiger partial charge in [0.2, 0.25) is 0 Å². The third-order valence-electron chi connectivity index (χ3n) is 3.89. The first-order chi connectivity index (χ1) is 11.6. The third-order valence-corrected chi connectivity index (χ3v) is 3.89. The van der Waals surface area contributed by atoms with E-state index in [4.69, 9.17) is 9.47 Å². The summed E-state index contributed by atoms with van der Waals surface area (Å²) in [5, 5.41) is 2.58. The van der Waals surface area contributed by atoms with Gasteiger partial charge in [-0.05, 0) is 35.9 Å². The highest BCUT2D eigenvalue weighted by atomic mass is 16.5. The summed E-state index contributed by atoms with van der Waals surface area (Å²) in [5.74, 6) is 0.998. The second-order valence-corrected chi connectivity index (χ2v) is 5.38. The molecule has 2 amide bonds. The summed E-state index contributed by atoms with van der Waals surface area (Å²) in [6.45, 7) is 0.388. The van der Waals surface area contributed by atoms with Crippen LogP contribution in [0.5, 0.6) is 11.5 Å². The lowest BCUT2D eigenvalue weighted by atomic mass is 10.1. The van der Waals surface area contributed by atoms with Crippen molar-refractivity contribution in [1.29, 1.82) is 0 Å². The normalized spacial score (nSPS) is 13.1. The molecule has 0 fully saturated rings. The number of carbonyl (C=O) groups excluding carboxylic acids is 2. The zero-order chi connectivity index (χ0) is 17.1. The topological polar surface area (TPSA) is 67.9 Å². The summed E-state index contributed by atoms with van der Waals surface area (Å²) in [5.41, 5.74) is 2.04. The molecule has 24 heavy (non-hydrogen) atoms. The summed E-state index contributed by atoms with van der Waals surface area (Å²) < 4.78 is 10.6. The molecule has 0 bridgehead atoms. The predicted molar refractivity (Wildman–Crippen MR) is 89.5 cm³/mol. The van der Waals surface area contributed by atoms with Gasteiger partial charge in [-0.15, -0.1) is 0 Å². The van der Waals surface area contributed by atoms with Crippen molar-refractivity contribution in [3.05, 3.63) is 53.6 Å². The fourth-order valence-corrected chi connectivity index (χ4v) is 2.57. The maximum Gasteiger partial charge on any atom is 0.265 e. The lowest BCUT2D eigenvalue weighted by Gasteiger charge is -2.29. The standard InChI is InChI=1S/C18H18N2O4/c1-19-18(22)13-5-8-16-15(9-13)20(17(21)11-24-16)10-12-3-6-14(23-2)7-4-12/h3-9H,10-11H2,1-2H3,(H,19,22). The molecule has 0 radical (unpaired) electrons. The zero-order valence-electron chi connectivity index (χ0n) is 13.5. The molecule has 6 heteroatoms. The van der Waals surface area contributed by atoms with Crippen molar-refractivity contribution in [1.82, 2.24) is 5.32 Å². The van der Waals surface area contributed by atoms with E-state index in [9.17, 15) is 9.59 Å². The molecule has 1 aliphatic heterocycles. The fourth-order valence-electron chi connectivity index (χ4n) is 2.57. The first-order valence-corrected chi connectivity index (χ1v) is 7.54. The van der Waals surface area contributed by atoms with Crippen molar-refractivity contribution in [3.8, 4) is 11.5 Å². The highest BCUT2D eigenvalue weighted by Crippen LogP contribution is 2.34. The molecule has 0 aliphatic carbocycles. The second-order valence-electron chi connectivity index (χ2n) is 5.38. The summed E-state index contributed by atoms with van der Waals surface area (Å²) >= 11 is 0. The van der Waals surface area contributed by atoms with Crippen LogP contribution in [0.15, 0.2) is 42.5 Å². The van der Waals surface area contributed by atoms with Crippen LogP contribution in [0.25, 0.3) is 0 Å². The minimum atomic E-state index is -0.208. The van der Waals surface area contributed by atoms with Gasteiger partial charge in [0, 0.05) is 12.6 Å². The molecule has 0 aromatic heterocycles. The van der Waals surface area contributed by atoms with Crippen LogP contribution in [0.1, 0.15) is 15.9 Å². The summed E-state index contributed by atoms with van der Waals surface area (Å²) in [7, 11) is 3.18. The van der Waals surface area contributed by atoms with Crippen molar-refractivity contribution in [2.24, 2.45) is 0 Å². The Hall–Kier alpha value is -3.02. The number of hydrogen-bond donors (Lipinski definition) is 1. The van der Waals surface area contributed by atoms with Gasteiger partial charge in [0.25, 0.3) is 11.8 Å². The van der Waals surface area contributed by atoms with Crippen molar-refractivity contribution < 1.29 is 19.1 Å². The van der Waals surface area contributed by atoms with Crippen LogP contribution in [-0.2, 0) is 11.3 Å². The summed E-state index contributed by atoms with van der Waals surface area (Å²) in [4.78, 5) is 25.8. The number of methoxy groups -OCH3 is 1. The Morgan fingerprint density at radius 3 is 2.67 bits per heavy atom. The molecule has 1 N–H and O–H groups in total. The molecular weight excluding hydrogens is 308 g/mol. The Kier molecular flexibility index (Phi) is 4.37. The van der Waals surface area contributed by atoms with Crippen LogP contribution in [0.3, 0.4) is 0 Å². The first-order valence-electron chi connectivity index (χ1n) is 7.54. The minimum absolute atomic E-state index is 0.0114. The van der Waals surface area contributed by atoms with E-state index in [-0.39, 0.29) is 18.4 Å². The molecule has 0 atom stereocenters. The number of nitrogens with one attached hydrogen (secondary N) is 1. The number of nitrogens with zero attached hydrogens (tertiary/aromatic N) is 1. The monoisotopic (exact) mass is 326 g/mol. The Morgan fingerprint density at radius 1 is 1.25 bits per heavy atom. The third kappa shape index (κ3) is 3.03. The predicted octanol–water partition coefficient (Wildman–Crippen LogP) is 1.98. The quantitative estimate of drug-likeness (QED) is 0.933. The van der Waals surface area contributed by atoms with Crippen LogP contribution in [-0.4, -0.2) is 32.6 Å². The van der Waals surface area contributed by atoms with E-state index in [1.165, 1.54) is 0 Å². The molecule has 2 aromatic rings. The molecular formula is C18H18N2O4. The number of hydrogen-bond acceptors (Lipinski definition) is 4. The lowest BCUT2D eigenvalue weighted by Crippen LogP contribution is -2.38. The minimum Gasteiger partial charge on any atom is -0.497 e. The fraction of sp³-hybridized carbons (Fsp3) is 0.222. The molecule has 0 saturated heterocycles. The van der Waals surface area contributed by atoms with E-state index in [0.717, 1.165) is 11.3 Å². The molecule has 1 aliphatic rings. The maximum atomic E-state index is 12.3. The molecule has 0 unspecified atom stereocenters. The van der Waals surface area contributed by atoms with E-state index < -0.39 is 0 Å². The summed E-state index contributed by atoms with van der Waals surface area (Å²) in [6, 6.07) is 12.6. The number of fused-ring (bicyclic) bond motifs is 1. The van der Waals surface area contributed by atoms with Gasteiger partial charge >= 0.3 is 0 Å². The lowest BCUT2D eigenvalue weighted by molar-refractivity contribution is -0.121. The number of ether oxygens (including phenoxy) is 2. The van der Waals surface area contributed by atoms with Gasteiger partial charge < -0.3 is 19.7 Å². The number of benzene rings is 2. The highest BCUT2D eigenvalue weighted by Gasteiger charge is 2.26. The van der Waals surface area contributed by atoms with E-state index in [2.05, 4.69) is 5.32 Å². The molecule has 2 aromatic carbocycles. The van der Waals surface area contributed by atoms with Crippen LogP contribution in [0.4, 0.5) is 5.69 Å². The second kappa shape index (κ2) is 6.62. The van der Waals surface area contributed by atoms with E-state index in [0.29, 0.717) is 23.5 Å². The van der Waals surface area contributed by atoms with Gasteiger partial charge in [0.1, 0.15) is 11.5 Å². The molecule has 6 nitrogen and oxygen atoms in total. The van der Waals surface area contributed by atoms with Crippen LogP contribution in [0, 0.1) is 0 Å². The summed E-state index contributed by atoms with van der Waals surface area (Å²) in [6.07, 6.45) is 0. The van der Waals surface area contributed by atoms with Crippen molar-refractivity contribution in [2.45, 2.75) is 6.54 Å². The van der Waals surface area contributed by atoms with E-state index in [1.54, 1.807) is 37.3 Å². The van der Waals surface area contributed by atoms with Gasteiger partial charge in [0.15, 0.2) is 6.61 Å². The first kappa shape index (κ1) is 15.9. The Labute approximate surface area is 140 Å². The highest BCUT2D eigenvalue weighted by molar-refractivity contribution is 6.01. The van der Waals surface area contributed by atoms with Crippen LogP contribution < -0.4 is 19.7 Å². The van der Waals surface area contributed by atoms with Gasteiger partial charge in [-0.25, -0.2) is 0 Å². The number of rotatable bonds is 4. The Bertz CT molecular complexity index is 771. The Balaban J connectivity index is 1.92. The molecule has 3 rings (SSSR count). The van der Waals surface area contributed by atoms with Crippen molar-refractivity contribution in [3.63, 3.8) is 0 Å². The SMILES string of the molecule is CNC(=O)c1ccc2c(c1)N(Cc1ccc(OC)cc1)C(=O)CO2. The van der Waals surface area contributed by atoms with Gasteiger partial charge in [-0.3, -0.25) is 9.59 Å². The number of amides is 2. The van der Waals surface area contributed by atoms with Crippen LogP contribution in [0.2, 0.25) is 0 Å². The maximum absolute atomic E-state index is 12.3. The van der Waals surface area contributed by atoms with Crippen molar-refractivity contribution >= 4 is 17.5 Å². The van der Waals surface area contributed by atoms with E-state index >= 15 is 0 Å². The van der Waals surface area contributed by atoms with Crippen molar-refractivity contribution in [2.75, 3.05) is 25.7 Å². The Morgan fingerprint density at radius 2 is 2.00 bits per heavy atom. The van der Waals surface area contributed by atoms with Gasteiger partial charge in [0.05, 0.1) is 19.3 Å². The average Bonchev–Trinajstić information content (AvgIpc) is 2.63. The molecule has 0 spiro atoms. The van der Waals surface area contributed by atoms with Gasteiger partial charge in [-0.2, -0.15) is 0 Å². The number of anilines is 1.